The Morgan fingerprint density at radius 2 is 1.56 bits per heavy atom. The Bertz CT molecular complexity index is 655. The van der Waals surface area contributed by atoms with Gasteiger partial charge in [-0.3, -0.25) is 0 Å². The van der Waals surface area contributed by atoms with Crippen molar-refractivity contribution in [3.63, 3.8) is 0 Å². The molecular formula is C19H28N4O4. The maximum Gasteiger partial charge on any atom is 0.319 e. The van der Waals surface area contributed by atoms with Crippen LogP contribution in [0, 0.1) is 18.8 Å². The molecule has 8 heteroatoms. The van der Waals surface area contributed by atoms with Gasteiger partial charge in [0.2, 0.25) is 0 Å². The van der Waals surface area contributed by atoms with Crippen LogP contribution in [0.25, 0.3) is 0 Å². The molecule has 2 saturated heterocycles. The standard InChI is InChI=1S/C19H28N4O4/c1-13-2-3-16(22-18(24)20-9-14-4-6-26-11-14)8-17(13)23-19(25)21-10-15-5-7-27-12-15/h2-3,8,14-15H,4-7,9-12H2,1H3,(H2,20,22,24)(H2,21,23,25)/t14-,15-/m1/s1. The molecule has 0 spiro atoms. The Hall–Kier alpha value is -2.32. The molecule has 0 bridgehead atoms. The van der Waals surface area contributed by atoms with Gasteiger partial charge in [0.25, 0.3) is 0 Å². The first kappa shape index (κ1) is 19.4. The van der Waals surface area contributed by atoms with Crippen molar-refractivity contribution in [2.24, 2.45) is 11.8 Å². The number of aryl methyl sites for hydroxylation is 1. The molecule has 0 aliphatic carbocycles. The Morgan fingerprint density at radius 1 is 0.963 bits per heavy atom. The second-order valence-corrected chi connectivity index (χ2v) is 7.16. The number of benzene rings is 1. The first-order chi connectivity index (χ1) is 13.1. The fraction of sp³-hybridized carbons (Fsp3) is 0.579. The number of hydrogen-bond acceptors (Lipinski definition) is 4. The highest BCUT2D eigenvalue weighted by molar-refractivity contribution is 5.93. The number of urea groups is 2. The van der Waals surface area contributed by atoms with Crippen LogP contribution in [0.3, 0.4) is 0 Å². The molecule has 1 aromatic carbocycles. The summed E-state index contributed by atoms with van der Waals surface area (Å²) >= 11 is 0. The molecule has 2 atom stereocenters. The van der Waals surface area contributed by atoms with Gasteiger partial charge in [-0.25, -0.2) is 9.59 Å². The first-order valence-corrected chi connectivity index (χ1v) is 9.46. The molecule has 27 heavy (non-hydrogen) atoms. The number of anilines is 2. The van der Waals surface area contributed by atoms with Crippen LogP contribution in [-0.4, -0.2) is 51.6 Å². The van der Waals surface area contributed by atoms with Crippen molar-refractivity contribution in [3.8, 4) is 0 Å². The summed E-state index contributed by atoms with van der Waals surface area (Å²) in [7, 11) is 0. The minimum atomic E-state index is -0.262. The van der Waals surface area contributed by atoms with E-state index in [-0.39, 0.29) is 12.1 Å². The summed E-state index contributed by atoms with van der Waals surface area (Å²) in [4.78, 5) is 24.2. The van der Waals surface area contributed by atoms with Gasteiger partial charge in [0.15, 0.2) is 0 Å². The summed E-state index contributed by atoms with van der Waals surface area (Å²) in [5, 5.41) is 11.4. The van der Waals surface area contributed by atoms with E-state index in [9.17, 15) is 9.59 Å². The molecule has 2 fully saturated rings. The van der Waals surface area contributed by atoms with Crippen LogP contribution in [0.5, 0.6) is 0 Å². The molecule has 148 valence electrons. The van der Waals surface area contributed by atoms with Crippen LogP contribution in [0.2, 0.25) is 0 Å². The Morgan fingerprint density at radius 3 is 2.11 bits per heavy atom. The minimum Gasteiger partial charge on any atom is -0.381 e. The maximum absolute atomic E-state index is 12.1. The predicted octanol–water partition coefficient (Wildman–Crippen LogP) is 2.31. The van der Waals surface area contributed by atoms with E-state index < -0.39 is 0 Å². The largest absolute Gasteiger partial charge is 0.381 e. The highest BCUT2D eigenvalue weighted by Gasteiger charge is 2.17. The monoisotopic (exact) mass is 376 g/mol. The molecule has 4 amide bonds. The van der Waals surface area contributed by atoms with E-state index in [1.165, 1.54) is 0 Å². The second kappa shape index (κ2) is 9.57. The van der Waals surface area contributed by atoms with Crippen LogP contribution >= 0.6 is 0 Å². The topological polar surface area (TPSA) is 101 Å². The number of nitrogens with one attached hydrogen (secondary N) is 4. The van der Waals surface area contributed by atoms with Gasteiger partial charge < -0.3 is 30.7 Å². The lowest BCUT2D eigenvalue weighted by atomic mass is 10.1. The molecule has 2 aliphatic rings. The van der Waals surface area contributed by atoms with E-state index in [0.717, 1.165) is 31.6 Å². The highest BCUT2D eigenvalue weighted by atomic mass is 16.5. The zero-order chi connectivity index (χ0) is 19.1. The van der Waals surface area contributed by atoms with Crippen LogP contribution < -0.4 is 21.3 Å². The van der Waals surface area contributed by atoms with Crippen LogP contribution in [-0.2, 0) is 9.47 Å². The third kappa shape index (κ3) is 6.11. The van der Waals surface area contributed by atoms with E-state index in [4.69, 9.17) is 9.47 Å². The van der Waals surface area contributed by atoms with Gasteiger partial charge in [0.1, 0.15) is 0 Å². The fourth-order valence-electron chi connectivity index (χ4n) is 3.14. The number of ether oxygens (including phenoxy) is 2. The van der Waals surface area contributed by atoms with Crippen molar-refractivity contribution >= 4 is 23.4 Å². The molecule has 8 nitrogen and oxygen atoms in total. The van der Waals surface area contributed by atoms with E-state index >= 15 is 0 Å². The molecule has 0 aromatic heterocycles. The zero-order valence-corrected chi connectivity index (χ0v) is 15.7. The number of carbonyl (C=O) groups is 2. The van der Waals surface area contributed by atoms with Crippen molar-refractivity contribution in [3.05, 3.63) is 23.8 Å². The highest BCUT2D eigenvalue weighted by Crippen LogP contribution is 2.20. The third-order valence-corrected chi connectivity index (χ3v) is 4.89. The Kier molecular flexibility index (Phi) is 6.89. The summed E-state index contributed by atoms with van der Waals surface area (Å²) < 4.78 is 10.6. The van der Waals surface area contributed by atoms with Gasteiger partial charge in [-0.1, -0.05) is 6.07 Å². The van der Waals surface area contributed by atoms with Crippen molar-refractivity contribution in [1.82, 2.24) is 10.6 Å². The molecular weight excluding hydrogens is 348 g/mol. The van der Waals surface area contributed by atoms with Crippen LogP contribution in [0.4, 0.5) is 21.0 Å². The molecule has 2 aliphatic heterocycles. The van der Waals surface area contributed by atoms with Gasteiger partial charge in [-0.05, 0) is 37.5 Å². The SMILES string of the molecule is Cc1ccc(NC(=O)NC[C@H]2CCOC2)cc1NC(=O)NC[C@H]1CCOC1. The summed E-state index contributed by atoms with van der Waals surface area (Å²) in [5.74, 6) is 0.749. The third-order valence-electron chi connectivity index (χ3n) is 4.89. The average Bonchev–Trinajstić information content (AvgIpc) is 3.35. The van der Waals surface area contributed by atoms with Gasteiger partial charge >= 0.3 is 12.1 Å². The lowest BCUT2D eigenvalue weighted by molar-refractivity contribution is 0.185. The molecule has 3 rings (SSSR count). The lowest BCUT2D eigenvalue weighted by Crippen LogP contribution is -2.34. The predicted molar refractivity (Wildman–Crippen MR) is 103 cm³/mol. The number of rotatable bonds is 6. The average molecular weight is 376 g/mol. The minimum absolute atomic E-state index is 0.257. The summed E-state index contributed by atoms with van der Waals surface area (Å²) in [5.41, 5.74) is 2.21. The van der Waals surface area contributed by atoms with Gasteiger partial charge in [0, 0.05) is 49.5 Å². The summed E-state index contributed by atoms with van der Waals surface area (Å²) in [6.07, 6.45) is 1.95. The van der Waals surface area contributed by atoms with Gasteiger partial charge in [-0.15, -0.1) is 0 Å². The van der Waals surface area contributed by atoms with E-state index in [0.29, 0.717) is 49.5 Å². The quantitative estimate of drug-likeness (QED) is 0.612. The van der Waals surface area contributed by atoms with E-state index in [2.05, 4.69) is 21.3 Å². The summed E-state index contributed by atoms with van der Waals surface area (Å²) in [6.45, 7) is 6.01. The van der Waals surface area contributed by atoms with Crippen LogP contribution in [0.15, 0.2) is 18.2 Å². The molecule has 0 saturated carbocycles. The Balaban J connectivity index is 1.47. The number of amides is 4. The van der Waals surface area contributed by atoms with Crippen molar-refractivity contribution in [2.75, 3.05) is 50.2 Å². The molecule has 0 unspecified atom stereocenters. The van der Waals surface area contributed by atoms with Crippen molar-refractivity contribution in [1.29, 1.82) is 0 Å². The first-order valence-electron chi connectivity index (χ1n) is 9.46. The number of hydrogen-bond donors (Lipinski definition) is 4. The fourth-order valence-corrected chi connectivity index (χ4v) is 3.14. The van der Waals surface area contributed by atoms with E-state index in [1.54, 1.807) is 6.07 Å². The molecule has 2 heterocycles. The van der Waals surface area contributed by atoms with Gasteiger partial charge in [0.05, 0.1) is 13.2 Å². The zero-order valence-electron chi connectivity index (χ0n) is 15.7. The molecule has 1 aromatic rings. The Labute approximate surface area is 159 Å². The smallest absolute Gasteiger partial charge is 0.319 e. The van der Waals surface area contributed by atoms with Crippen molar-refractivity contribution in [2.45, 2.75) is 19.8 Å². The maximum atomic E-state index is 12.1. The second-order valence-electron chi connectivity index (χ2n) is 7.16. The van der Waals surface area contributed by atoms with Crippen LogP contribution in [0.1, 0.15) is 18.4 Å². The van der Waals surface area contributed by atoms with Crippen molar-refractivity contribution < 1.29 is 19.1 Å². The lowest BCUT2D eigenvalue weighted by Gasteiger charge is -2.14. The molecule has 4 N–H and O–H groups in total. The normalized spacial score (nSPS) is 21.7. The van der Waals surface area contributed by atoms with E-state index in [1.807, 2.05) is 19.1 Å². The van der Waals surface area contributed by atoms with Gasteiger partial charge in [-0.2, -0.15) is 0 Å². The summed E-state index contributed by atoms with van der Waals surface area (Å²) in [6, 6.07) is 4.91. The molecule has 0 radical (unpaired) electrons. The number of carbonyl (C=O) groups excluding carboxylic acids is 2.